The Bertz CT molecular complexity index is 499. The number of aromatic nitrogens is 1. The number of alkyl halides is 3. The van der Waals surface area contributed by atoms with Crippen LogP contribution < -0.4 is 10.6 Å². The molecule has 10 heteroatoms. The lowest BCUT2D eigenvalue weighted by atomic mass is 10.4. The third-order valence-corrected chi connectivity index (χ3v) is 4.23. The Morgan fingerprint density at radius 1 is 1.29 bits per heavy atom. The fourth-order valence-corrected chi connectivity index (χ4v) is 2.81. The predicted molar refractivity (Wildman–Crippen MR) is 103 cm³/mol. The molecule has 0 aliphatic rings. The number of aliphatic imine (C=N–C) groups is 1. The van der Waals surface area contributed by atoms with E-state index in [1.807, 2.05) is 13.8 Å². The zero-order chi connectivity index (χ0) is 17.5. The van der Waals surface area contributed by atoms with Crippen LogP contribution in [0.3, 0.4) is 0 Å². The molecule has 1 aromatic heterocycles. The second-order valence-corrected chi connectivity index (χ2v) is 6.60. The molecule has 1 rings (SSSR count). The van der Waals surface area contributed by atoms with Crippen molar-refractivity contribution < 1.29 is 13.2 Å². The minimum Gasteiger partial charge on any atom is -0.356 e. The Balaban J connectivity index is 0.00000529. The summed E-state index contributed by atoms with van der Waals surface area (Å²) in [6, 6.07) is 0. The van der Waals surface area contributed by atoms with Crippen LogP contribution >= 0.6 is 35.3 Å². The van der Waals surface area contributed by atoms with Crippen molar-refractivity contribution in [1.29, 1.82) is 0 Å². The van der Waals surface area contributed by atoms with E-state index in [4.69, 9.17) is 0 Å². The smallest absolute Gasteiger partial charge is 0.356 e. The van der Waals surface area contributed by atoms with Gasteiger partial charge < -0.3 is 10.6 Å². The minimum atomic E-state index is -4.15. The number of nitrogens with one attached hydrogen (secondary N) is 2. The molecular weight excluding hydrogens is 454 g/mol. The van der Waals surface area contributed by atoms with E-state index in [-0.39, 0.29) is 24.0 Å². The first kappa shape index (κ1) is 23.4. The number of nitrogens with zero attached hydrogens (tertiary/aromatic N) is 3. The third kappa shape index (κ3) is 9.62. The summed E-state index contributed by atoms with van der Waals surface area (Å²) in [5, 5.41) is 7.21. The highest BCUT2D eigenvalue weighted by atomic mass is 127. The van der Waals surface area contributed by atoms with Crippen molar-refractivity contribution in [1.82, 2.24) is 20.5 Å². The molecule has 0 saturated heterocycles. The second kappa shape index (κ2) is 11.1. The molecule has 0 radical (unpaired) electrons. The van der Waals surface area contributed by atoms with Crippen molar-refractivity contribution in [2.45, 2.75) is 33.0 Å². The summed E-state index contributed by atoms with van der Waals surface area (Å²) in [5.74, 6) is 0.619. The zero-order valence-corrected chi connectivity index (χ0v) is 17.5. The van der Waals surface area contributed by atoms with E-state index in [1.165, 1.54) is 16.8 Å². The van der Waals surface area contributed by atoms with Gasteiger partial charge in [0.1, 0.15) is 5.01 Å². The summed E-state index contributed by atoms with van der Waals surface area (Å²) in [7, 11) is 3.12. The summed E-state index contributed by atoms with van der Waals surface area (Å²) in [4.78, 5) is 11.0. The molecule has 0 amide bonds. The van der Waals surface area contributed by atoms with E-state index < -0.39 is 12.7 Å². The standard InChI is InChI=1S/C14H24F3N5S.HI/c1-10-11(2)23-12(21-10)8-20-13(18-3)19-6-5-7-22(4)9-14(15,16)17;/h5-9H2,1-4H3,(H2,18,19,20);1H. The van der Waals surface area contributed by atoms with Crippen LogP contribution in [0.2, 0.25) is 0 Å². The quantitative estimate of drug-likeness (QED) is 0.274. The maximum absolute atomic E-state index is 12.2. The average molecular weight is 479 g/mol. The van der Waals surface area contributed by atoms with Gasteiger partial charge in [-0.3, -0.25) is 9.89 Å². The SMILES string of the molecule is CN=C(NCCCN(C)CC(F)(F)F)NCc1nc(C)c(C)s1.I. The van der Waals surface area contributed by atoms with Gasteiger partial charge in [0.05, 0.1) is 18.8 Å². The van der Waals surface area contributed by atoms with Gasteiger partial charge in [-0.2, -0.15) is 13.2 Å². The van der Waals surface area contributed by atoms with Crippen molar-refractivity contribution in [2.24, 2.45) is 4.99 Å². The van der Waals surface area contributed by atoms with Gasteiger partial charge in [0, 0.05) is 18.5 Å². The molecule has 0 aliphatic heterocycles. The molecule has 5 nitrogen and oxygen atoms in total. The Labute approximate surface area is 162 Å². The molecule has 0 saturated carbocycles. The van der Waals surface area contributed by atoms with Crippen LogP contribution in [0.4, 0.5) is 13.2 Å². The first-order valence-corrected chi connectivity index (χ1v) is 8.15. The molecule has 1 aromatic rings. The van der Waals surface area contributed by atoms with Crippen LogP contribution in [-0.4, -0.2) is 55.7 Å². The Morgan fingerprint density at radius 3 is 2.46 bits per heavy atom. The Hall–Kier alpha value is -0.620. The monoisotopic (exact) mass is 479 g/mol. The van der Waals surface area contributed by atoms with Gasteiger partial charge in [0.15, 0.2) is 5.96 Å². The van der Waals surface area contributed by atoms with Gasteiger partial charge in [0.25, 0.3) is 0 Å². The van der Waals surface area contributed by atoms with Crippen LogP contribution in [0.1, 0.15) is 22.0 Å². The van der Waals surface area contributed by atoms with Crippen molar-refractivity contribution in [2.75, 3.05) is 33.7 Å². The normalized spacial score (nSPS) is 12.2. The van der Waals surface area contributed by atoms with Crippen molar-refractivity contribution in [3.05, 3.63) is 15.6 Å². The molecule has 0 fully saturated rings. The zero-order valence-electron chi connectivity index (χ0n) is 14.3. The molecule has 0 spiro atoms. The summed E-state index contributed by atoms with van der Waals surface area (Å²) in [5.41, 5.74) is 1.03. The fourth-order valence-electron chi connectivity index (χ4n) is 1.94. The molecule has 1 heterocycles. The summed E-state index contributed by atoms with van der Waals surface area (Å²) in [6.07, 6.45) is -3.55. The second-order valence-electron chi connectivity index (χ2n) is 5.31. The van der Waals surface area contributed by atoms with E-state index in [0.29, 0.717) is 32.0 Å². The lowest BCUT2D eigenvalue weighted by molar-refractivity contribution is -0.143. The summed E-state index contributed by atoms with van der Waals surface area (Å²) in [6.45, 7) is 4.61. The average Bonchev–Trinajstić information content (AvgIpc) is 2.75. The Morgan fingerprint density at radius 2 is 1.96 bits per heavy atom. The molecule has 0 unspecified atom stereocenters. The lowest BCUT2D eigenvalue weighted by Crippen LogP contribution is -2.39. The molecule has 0 atom stereocenters. The number of hydrogen-bond donors (Lipinski definition) is 2. The number of rotatable bonds is 7. The van der Waals surface area contributed by atoms with E-state index in [1.54, 1.807) is 18.4 Å². The van der Waals surface area contributed by atoms with Gasteiger partial charge in [-0.05, 0) is 33.9 Å². The maximum atomic E-state index is 12.2. The molecule has 0 aliphatic carbocycles. The van der Waals surface area contributed by atoms with Gasteiger partial charge >= 0.3 is 6.18 Å². The fraction of sp³-hybridized carbons (Fsp3) is 0.714. The molecule has 0 aromatic carbocycles. The first-order chi connectivity index (χ1) is 10.7. The van der Waals surface area contributed by atoms with Crippen molar-refractivity contribution in [3.8, 4) is 0 Å². The number of thiazole rings is 1. The molecular formula is C14H25F3IN5S. The van der Waals surface area contributed by atoms with E-state index in [2.05, 4.69) is 20.6 Å². The van der Waals surface area contributed by atoms with Crippen LogP contribution in [0.25, 0.3) is 0 Å². The molecule has 140 valence electrons. The van der Waals surface area contributed by atoms with Crippen LogP contribution in [0.5, 0.6) is 0 Å². The van der Waals surface area contributed by atoms with Crippen molar-refractivity contribution >= 4 is 41.3 Å². The number of aryl methyl sites for hydroxylation is 2. The van der Waals surface area contributed by atoms with Crippen LogP contribution in [-0.2, 0) is 6.54 Å². The summed E-state index contributed by atoms with van der Waals surface area (Å²) < 4.78 is 36.6. The minimum absolute atomic E-state index is 0. The van der Waals surface area contributed by atoms with Crippen LogP contribution in [0.15, 0.2) is 4.99 Å². The number of guanidine groups is 1. The van der Waals surface area contributed by atoms with Gasteiger partial charge in [-0.1, -0.05) is 0 Å². The summed E-state index contributed by atoms with van der Waals surface area (Å²) >= 11 is 1.63. The highest BCUT2D eigenvalue weighted by Gasteiger charge is 2.28. The Kier molecular flexibility index (Phi) is 10.8. The topological polar surface area (TPSA) is 52.6 Å². The van der Waals surface area contributed by atoms with Crippen LogP contribution in [0, 0.1) is 13.8 Å². The highest BCUT2D eigenvalue weighted by Crippen LogP contribution is 2.16. The molecule has 24 heavy (non-hydrogen) atoms. The van der Waals surface area contributed by atoms with Gasteiger partial charge in [-0.25, -0.2) is 4.98 Å². The van der Waals surface area contributed by atoms with E-state index in [9.17, 15) is 13.2 Å². The van der Waals surface area contributed by atoms with E-state index >= 15 is 0 Å². The third-order valence-electron chi connectivity index (χ3n) is 3.16. The highest BCUT2D eigenvalue weighted by molar-refractivity contribution is 14.0. The predicted octanol–water partition coefficient (Wildman–Crippen LogP) is 2.93. The first-order valence-electron chi connectivity index (χ1n) is 7.34. The van der Waals surface area contributed by atoms with Gasteiger partial charge in [0.2, 0.25) is 0 Å². The number of halogens is 4. The molecule has 2 N–H and O–H groups in total. The lowest BCUT2D eigenvalue weighted by Gasteiger charge is -2.18. The van der Waals surface area contributed by atoms with Crippen molar-refractivity contribution in [3.63, 3.8) is 0 Å². The molecule has 0 bridgehead atoms. The van der Waals surface area contributed by atoms with Gasteiger partial charge in [-0.15, -0.1) is 35.3 Å². The number of hydrogen-bond acceptors (Lipinski definition) is 4. The largest absolute Gasteiger partial charge is 0.401 e. The van der Waals surface area contributed by atoms with E-state index in [0.717, 1.165) is 10.7 Å². The maximum Gasteiger partial charge on any atom is 0.401 e.